The van der Waals surface area contributed by atoms with Gasteiger partial charge in [0.15, 0.2) is 0 Å². The molecule has 0 unspecified atom stereocenters. The second kappa shape index (κ2) is 7.92. The maximum Gasteiger partial charge on any atom is 0.224 e. The molecule has 0 atom stereocenters. The number of rotatable bonds is 6. The summed E-state index contributed by atoms with van der Waals surface area (Å²) >= 11 is 5.85. The number of nitrogens with zero attached hydrogens (tertiary/aromatic N) is 1. The van der Waals surface area contributed by atoms with Gasteiger partial charge in [-0.25, -0.2) is 8.42 Å². The first-order valence-corrected chi connectivity index (χ1v) is 9.03. The summed E-state index contributed by atoms with van der Waals surface area (Å²) in [6.07, 6.45) is 0.179. The topological polar surface area (TPSA) is 75.7 Å². The number of nitrogens with one attached hydrogen (secondary N) is 1. The second-order valence-electron chi connectivity index (χ2n) is 4.98. The van der Waals surface area contributed by atoms with Gasteiger partial charge in [0.2, 0.25) is 15.9 Å². The Morgan fingerprint density at radius 1 is 1.32 bits per heavy atom. The summed E-state index contributed by atoms with van der Waals surface area (Å²) in [5, 5.41) is 3.20. The molecule has 1 aromatic rings. The smallest absolute Gasteiger partial charge is 0.224 e. The predicted octanol–water partition coefficient (Wildman–Crippen LogP) is 0.661. The van der Waals surface area contributed by atoms with Gasteiger partial charge in [0.1, 0.15) is 0 Å². The molecule has 0 aromatic heterocycles. The standard InChI is InChI=1S/C14H19ClN2O4S/c15-13-3-1-2-12(10-13)11-14(18)16-4-9-22(19,20)17-5-7-21-8-6-17/h1-3,10H,4-9,11H2,(H,16,18). The molecule has 1 heterocycles. The number of carbonyl (C=O) groups is 1. The van der Waals surface area contributed by atoms with Crippen molar-refractivity contribution in [3.8, 4) is 0 Å². The highest BCUT2D eigenvalue weighted by Crippen LogP contribution is 2.11. The van der Waals surface area contributed by atoms with Crippen molar-refractivity contribution >= 4 is 27.5 Å². The third-order valence-electron chi connectivity index (χ3n) is 3.30. The van der Waals surface area contributed by atoms with Gasteiger partial charge in [-0.2, -0.15) is 4.31 Å². The van der Waals surface area contributed by atoms with E-state index in [9.17, 15) is 13.2 Å². The largest absolute Gasteiger partial charge is 0.379 e. The van der Waals surface area contributed by atoms with Crippen LogP contribution in [0.25, 0.3) is 0 Å². The minimum atomic E-state index is -3.34. The Kier molecular flexibility index (Phi) is 6.19. The highest BCUT2D eigenvalue weighted by atomic mass is 35.5. The van der Waals surface area contributed by atoms with Gasteiger partial charge in [-0.3, -0.25) is 4.79 Å². The van der Waals surface area contributed by atoms with E-state index in [1.807, 2.05) is 0 Å². The van der Waals surface area contributed by atoms with Crippen LogP contribution in [0.3, 0.4) is 0 Å². The first-order chi connectivity index (χ1) is 10.5. The molecule has 0 radical (unpaired) electrons. The molecular weight excluding hydrogens is 328 g/mol. The van der Waals surface area contributed by atoms with Crippen LogP contribution in [0.4, 0.5) is 0 Å². The Labute approximate surface area is 135 Å². The lowest BCUT2D eigenvalue weighted by molar-refractivity contribution is -0.120. The van der Waals surface area contributed by atoms with Crippen molar-refractivity contribution in [1.82, 2.24) is 9.62 Å². The first-order valence-electron chi connectivity index (χ1n) is 7.04. The number of sulfonamides is 1. The normalized spacial score (nSPS) is 16.4. The number of ether oxygens (including phenoxy) is 1. The van der Waals surface area contributed by atoms with Crippen molar-refractivity contribution in [2.24, 2.45) is 0 Å². The molecule has 8 heteroatoms. The molecule has 0 aliphatic carbocycles. The number of benzene rings is 1. The number of morpholine rings is 1. The van der Waals surface area contributed by atoms with Crippen LogP contribution < -0.4 is 5.32 Å². The zero-order valence-corrected chi connectivity index (χ0v) is 13.7. The van der Waals surface area contributed by atoms with Gasteiger partial charge in [-0.15, -0.1) is 0 Å². The van der Waals surface area contributed by atoms with E-state index >= 15 is 0 Å². The van der Waals surface area contributed by atoms with Crippen LogP contribution in [0.2, 0.25) is 5.02 Å². The van der Waals surface area contributed by atoms with Crippen LogP contribution in [0.1, 0.15) is 5.56 Å². The van der Waals surface area contributed by atoms with E-state index < -0.39 is 10.0 Å². The Hall–Kier alpha value is -1.15. The summed E-state index contributed by atoms with van der Waals surface area (Å²) < 4.78 is 30.7. The van der Waals surface area contributed by atoms with E-state index in [-0.39, 0.29) is 24.6 Å². The summed E-state index contributed by atoms with van der Waals surface area (Å²) in [6, 6.07) is 7.02. The van der Waals surface area contributed by atoms with Crippen LogP contribution in [-0.2, 0) is 26.0 Å². The first kappa shape index (κ1) is 17.2. The fourth-order valence-corrected chi connectivity index (χ4v) is 3.70. The Morgan fingerprint density at radius 2 is 2.05 bits per heavy atom. The van der Waals surface area contributed by atoms with Crippen LogP contribution in [-0.4, -0.2) is 57.2 Å². The number of hydrogen-bond donors (Lipinski definition) is 1. The average Bonchev–Trinajstić information content (AvgIpc) is 2.48. The summed E-state index contributed by atoms with van der Waals surface area (Å²) in [5.41, 5.74) is 0.793. The lowest BCUT2D eigenvalue weighted by Crippen LogP contribution is -2.43. The van der Waals surface area contributed by atoms with Crippen molar-refractivity contribution < 1.29 is 17.9 Å². The monoisotopic (exact) mass is 346 g/mol. The van der Waals surface area contributed by atoms with Gasteiger partial charge >= 0.3 is 0 Å². The molecule has 0 spiro atoms. The maximum absolute atomic E-state index is 12.1. The van der Waals surface area contributed by atoms with E-state index in [4.69, 9.17) is 16.3 Å². The molecule has 1 fully saturated rings. The summed E-state index contributed by atoms with van der Waals surface area (Å²) in [4.78, 5) is 11.8. The lowest BCUT2D eigenvalue weighted by Gasteiger charge is -2.26. The SMILES string of the molecule is O=C(Cc1cccc(Cl)c1)NCCS(=O)(=O)N1CCOCC1. The highest BCUT2D eigenvalue weighted by molar-refractivity contribution is 7.89. The number of hydrogen-bond acceptors (Lipinski definition) is 4. The fourth-order valence-electron chi connectivity index (χ4n) is 2.17. The second-order valence-corrected chi connectivity index (χ2v) is 7.51. The molecule has 0 saturated carbocycles. The van der Waals surface area contributed by atoms with Gasteiger partial charge in [0.05, 0.1) is 25.4 Å². The quantitative estimate of drug-likeness (QED) is 0.821. The van der Waals surface area contributed by atoms with E-state index in [1.54, 1.807) is 24.3 Å². The van der Waals surface area contributed by atoms with Gasteiger partial charge in [0.25, 0.3) is 0 Å². The molecule has 6 nitrogen and oxygen atoms in total. The zero-order valence-electron chi connectivity index (χ0n) is 12.1. The minimum absolute atomic E-state index is 0.0963. The van der Waals surface area contributed by atoms with E-state index in [1.165, 1.54) is 4.31 Å². The average molecular weight is 347 g/mol. The highest BCUT2D eigenvalue weighted by Gasteiger charge is 2.23. The number of halogens is 1. The predicted molar refractivity (Wildman–Crippen MR) is 84.3 cm³/mol. The molecular formula is C14H19ClN2O4S. The van der Waals surface area contributed by atoms with Crippen LogP contribution in [0.15, 0.2) is 24.3 Å². The van der Waals surface area contributed by atoms with Crippen LogP contribution in [0, 0.1) is 0 Å². The Morgan fingerprint density at radius 3 is 2.73 bits per heavy atom. The third-order valence-corrected chi connectivity index (χ3v) is 5.41. The molecule has 1 aliphatic rings. The van der Waals surface area contributed by atoms with Gasteiger partial charge < -0.3 is 10.1 Å². The zero-order chi connectivity index (χ0) is 16.0. The minimum Gasteiger partial charge on any atom is -0.379 e. The molecule has 1 aromatic carbocycles. The van der Waals surface area contributed by atoms with E-state index in [2.05, 4.69) is 5.32 Å². The van der Waals surface area contributed by atoms with Gasteiger partial charge in [0, 0.05) is 24.7 Å². The number of amides is 1. The molecule has 2 rings (SSSR count). The maximum atomic E-state index is 12.1. The summed E-state index contributed by atoms with van der Waals surface area (Å²) in [7, 11) is -3.34. The molecule has 1 saturated heterocycles. The molecule has 0 bridgehead atoms. The van der Waals surface area contributed by atoms with Crippen molar-refractivity contribution in [3.05, 3.63) is 34.9 Å². The lowest BCUT2D eigenvalue weighted by atomic mass is 10.1. The van der Waals surface area contributed by atoms with Crippen molar-refractivity contribution in [3.63, 3.8) is 0 Å². The summed E-state index contributed by atoms with van der Waals surface area (Å²) in [6.45, 7) is 1.68. The molecule has 1 amide bonds. The van der Waals surface area contributed by atoms with Crippen molar-refractivity contribution in [1.29, 1.82) is 0 Å². The Bertz CT molecular complexity index is 615. The molecule has 22 heavy (non-hydrogen) atoms. The van der Waals surface area contributed by atoms with Crippen molar-refractivity contribution in [2.75, 3.05) is 38.6 Å². The molecule has 122 valence electrons. The fraction of sp³-hybridized carbons (Fsp3) is 0.500. The molecule has 1 N–H and O–H groups in total. The van der Waals surface area contributed by atoms with Crippen LogP contribution in [0.5, 0.6) is 0 Å². The van der Waals surface area contributed by atoms with Crippen molar-refractivity contribution in [2.45, 2.75) is 6.42 Å². The summed E-state index contributed by atoms with van der Waals surface area (Å²) in [5.74, 6) is -0.326. The Balaban J connectivity index is 1.76. The van der Waals surface area contributed by atoms with E-state index in [0.717, 1.165) is 5.56 Å². The van der Waals surface area contributed by atoms with Crippen LogP contribution >= 0.6 is 11.6 Å². The molecule has 1 aliphatic heterocycles. The van der Waals surface area contributed by atoms with Gasteiger partial charge in [-0.1, -0.05) is 23.7 Å². The van der Waals surface area contributed by atoms with E-state index in [0.29, 0.717) is 31.3 Å². The number of carbonyl (C=O) groups excluding carboxylic acids is 1. The third kappa shape index (κ3) is 5.24. The van der Waals surface area contributed by atoms with Gasteiger partial charge in [-0.05, 0) is 17.7 Å².